The van der Waals surface area contributed by atoms with Crippen molar-refractivity contribution in [3.8, 4) is 0 Å². The van der Waals surface area contributed by atoms with E-state index in [1.165, 1.54) is 18.2 Å². The summed E-state index contributed by atoms with van der Waals surface area (Å²) in [5.74, 6) is -0.745. The first-order valence-corrected chi connectivity index (χ1v) is 4.08. The van der Waals surface area contributed by atoms with Crippen LogP contribution in [0.2, 0.25) is 0 Å². The van der Waals surface area contributed by atoms with E-state index in [9.17, 15) is 9.18 Å². The van der Waals surface area contributed by atoms with Gasteiger partial charge >= 0.3 is 5.97 Å². The zero-order valence-electron chi connectivity index (χ0n) is 8.34. The lowest BCUT2D eigenvalue weighted by atomic mass is 10.1. The molecule has 0 heterocycles. The maximum atomic E-state index is 12.6. The van der Waals surface area contributed by atoms with Crippen molar-refractivity contribution in [3.63, 3.8) is 0 Å². The van der Waals surface area contributed by atoms with Crippen LogP contribution in [0.3, 0.4) is 0 Å². The molecule has 0 bridgehead atoms. The minimum Gasteiger partial charge on any atom is -0.462 e. The smallest absolute Gasteiger partial charge is 0.338 e. The molecule has 0 aliphatic rings. The first kappa shape index (κ1) is 13.4. The summed E-state index contributed by atoms with van der Waals surface area (Å²) in [6.45, 7) is 3.74. The van der Waals surface area contributed by atoms with Crippen molar-refractivity contribution in [2.45, 2.75) is 13.8 Å². The van der Waals surface area contributed by atoms with Crippen molar-refractivity contribution in [3.05, 3.63) is 35.1 Å². The number of hydrogen-bond donors (Lipinski definition) is 0. The molecule has 0 saturated heterocycles. The Morgan fingerprint density at radius 1 is 1.50 bits per heavy atom. The fraction of sp³-hybridized carbons (Fsp3) is 0.300. The van der Waals surface area contributed by atoms with Crippen LogP contribution in [0.25, 0.3) is 0 Å². The minimum atomic E-state index is -0.403. The van der Waals surface area contributed by atoms with E-state index in [0.717, 1.165) is 0 Å². The van der Waals surface area contributed by atoms with E-state index in [4.69, 9.17) is 4.74 Å². The summed E-state index contributed by atoms with van der Waals surface area (Å²) in [7, 11) is 0. The number of esters is 1. The number of benzene rings is 1. The van der Waals surface area contributed by atoms with Gasteiger partial charge in [0.15, 0.2) is 0 Å². The molecule has 0 atom stereocenters. The van der Waals surface area contributed by atoms with E-state index in [-0.39, 0.29) is 28.9 Å². The second-order valence-corrected chi connectivity index (χ2v) is 2.68. The molecular weight excluding hydrogens is 195 g/mol. The summed E-state index contributed by atoms with van der Waals surface area (Å²) in [5, 5.41) is 0. The average molecular weight is 206 g/mol. The van der Waals surface area contributed by atoms with Gasteiger partial charge in [0.25, 0.3) is 0 Å². The van der Waals surface area contributed by atoms with Gasteiger partial charge < -0.3 is 4.74 Å². The molecule has 0 amide bonds. The third-order valence-corrected chi connectivity index (χ3v) is 1.68. The number of hydrogen-bond acceptors (Lipinski definition) is 2. The van der Waals surface area contributed by atoms with Gasteiger partial charge in [-0.15, -0.1) is 0 Å². The van der Waals surface area contributed by atoms with Crippen LogP contribution in [-0.4, -0.2) is 35.6 Å². The number of ether oxygens (including phenoxy) is 1. The molecule has 1 aromatic rings. The van der Waals surface area contributed by atoms with E-state index >= 15 is 0 Å². The van der Waals surface area contributed by atoms with Crippen molar-refractivity contribution in [2.24, 2.45) is 0 Å². The predicted octanol–water partition coefficient (Wildman–Crippen LogP) is 1.93. The van der Waals surface area contributed by atoms with Gasteiger partial charge in [0.1, 0.15) is 5.82 Å². The SMILES string of the molecule is CCOC(=O)c1ccc(F)cc1C.[Mg]. The molecule has 2 radical (unpaired) electrons. The van der Waals surface area contributed by atoms with Crippen LogP contribution in [0.1, 0.15) is 22.8 Å². The fourth-order valence-electron chi connectivity index (χ4n) is 1.06. The van der Waals surface area contributed by atoms with Crippen LogP contribution in [0, 0.1) is 12.7 Å². The summed E-state index contributed by atoms with van der Waals surface area (Å²) in [6, 6.07) is 3.99. The van der Waals surface area contributed by atoms with Gasteiger partial charge in [-0.25, -0.2) is 9.18 Å². The summed E-state index contributed by atoms with van der Waals surface area (Å²) >= 11 is 0. The number of aryl methyl sites for hydroxylation is 1. The van der Waals surface area contributed by atoms with Gasteiger partial charge in [0.2, 0.25) is 0 Å². The molecular formula is C10H11FMgO2. The van der Waals surface area contributed by atoms with Gasteiger partial charge in [0.05, 0.1) is 12.2 Å². The Balaban J connectivity index is 0.00000169. The Morgan fingerprint density at radius 2 is 2.14 bits per heavy atom. The maximum absolute atomic E-state index is 12.6. The molecule has 0 aliphatic carbocycles. The highest BCUT2D eigenvalue weighted by molar-refractivity contribution is 5.90. The molecule has 72 valence electrons. The molecule has 0 aromatic heterocycles. The van der Waals surface area contributed by atoms with Crippen LogP contribution in [0.4, 0.5) is 4.39 Å². The molecule has 4 heteroatoms. The Kier molecular flexibility index (Phi) is 5.72. The Labute approximate surface area is 98.6 Å². The Hall–Kier alpha value is -0.614. The van der Waals surface area contributed by atoms with Gasteiger partial charge in [0, 0.05) is 23.1 Å². The third-order valence-electron chi connectivity index (χ3n) is 1.68. The molecule has 14 heavy (non-hydrogen) atoms. The lowest BCUT2D eigenvalue weighted by molar-refractivity contribution is 0.0525. The largest absolute Gasteiger partial charge is 0.462 e. The van der Waals surface area contributed by atoms with E-state index < -0.39 is 5.97 Å². The normalized spacial score (nSPS) is 9.07. The standard InChI is InChI=1S/C10H11FO2.Mg/c1-3-13-10(12)9-5-4-8(11)6-7(9)2;/h4-6H,3H2,1-2H3;. The second kappa shape index (κ2) is 5.98. The minimum absolute atomic E-state index is 0. The van der Waals surface area contributed by atoms with Crippen molar-refractivity contribution >= 4 is 29.0 Å². The molecule has 0 unspecified atom stereocenters. The molecule has 0 fully saturated rings. The van der Waals surface area contributed by atoms with Crippen molar-refractivity contribution in [2.75, 3.05) is 6.61 Å². The van der Waals surface area contributed by atoms with Crippen LogP contribution >= 0.6 is 0 Å². The number of carbonyl (C=O) groups is 1. The summed E-state index contributed by atoms with van der Waals surface area (Å²) in [5.41, 5.74) is 1.02. The Morgan fingerprint density at radius 3 is 2.64 bits per heavy atom. The number of carbonyl (C=O) groups excluding carboxylic acids is 1. The van der Waals surface area contributed by atoms with Gasteiger partial charge in [-0.1, -0.05) is 0 Å². The molecule has 2 nitrogen and oxygen atoms in total. The maximum Gasteiger partial charge on any atom is 0.338 e. The first-order chi connectivity index (χ1) is 6.15. The lowest BCUT2D eigenvalue weighted by Gasteiger charge is -2.04. The van der Waals surface area contributed by atoms with Crippen LogP contribution in [-0.2, 0) is 4.74 Å². The van der Waals surface area contributed by atoms with E-state index in [1.807, 2.05) is 0 Å². The average Bonchev–Trinajstić information content (AvgIpc) is 2.04. The zero-order chi connectivity index (χ0) is 9.84. The van der Waals surface area contributed by atoms with E-state index in [2.05, 4.69) is 0 Å². The second-order valence-electron chi connectivity index (χ2n) is 2.68. The monoisotopic (exact) mass is 206 g/mol. The quantitative estimate of drug-likeness (QED) is 0.546. The van der Waals surface area contributed by atoms with Crippen LogP contribution in [0.5, 0.6) is 0 Å². The van der Waals surface area contributed by atoms with Gasteiger partial charge in [-0.05, 0) is 37.6 Å². The summed E-state index contributed by atoms with van der Waals surface area (Å²) in [4.78, 5) is 11.2. The molecule has 0 spiro atoms. The van der Waals surface area contributed by atoms with Crippen molar-refractivity contribution < 1.29 is 13.9 Å². The Bertz CT molecular complexity index is 326. The molecule has 0 saturated carbocycles. The van der Waals surface area contributed by atoms with Crippen LogP contribution < -0.4 is 0 Å². The van der Waals surface area contributed by atoms with E-state index in [0.29, 0.717) is 17.7 Å². The van der Waals surface area contributed by atoms with Crippen LogP contribution in [0.15, 0.2) is 18.2 Å². The highest BCUT2D eigenvalue weighted by Crippen LogP contribution is 2.11. The predicted molar refractivity (Wildman–Crippen MR) is 52.8 cm³/mol. The third kappa shape index (κ3) is 3.27. The molecule has 1 aromatic carbocycles. The summed E-state index contributed by atoms with van der Waals surface area (Å²) in [6.07, 6.45) is 0. The molecule has 0 N–H and O–H groups in total. The highest BCUT2D eigenvalue weighted by atomic mass is 24.3. The van der Waals surface area contributed by atoms with Gasteiger partial charge in [-0.3, -0.25) is 0 Å². The zero-order valence-corrected chi connectivity index (χ0v) is 9.75. The number of halogens is 1. The number of rotatable bonds is 2. The van der Waals surface area contributed by atoms with Crippen molar-refractivity contribution in [1.82, 2.24) is 0 Å². The van der Waals surface area contributed by atoms with Crippen molar-refractivity contribution in [1.29, 1.82) is 0 Å². The molecule has 0 aliphatic heterocycles. The first-order valence-electron chi connectivity index (χ1n) is 4.08. The van der Waals surface area contributed by atoms with E-state index in [1.54, 1.807) is 13.8 Å². The highest BCUT2D eigenvalue weighted by Gasteiger charge is 2.09. The molecule has 1 rings (SSSR count). The topological polar surface area (TPSA) is 26.3 Å². The lowest BCUT2D eigenvalue weighted by Crippen LogP contribution is -2.06. The summed E-state index contributed by atoms with van der Waals surface area (Å²) < 4.78 is 17.4. The fourth-order valence-corrected chi connectivity index (χ4v) is 1.06. The van der Waals surface area contributed by atoms with Gasteiger partial charge in [-0.2, -0.15) is 0 Å².